The molecule has 0 N–H and O–H groups in total. The number of likely N-dealkylation sites (N-methyl/N-ethyl adjacent to an activating group) is 1. The number of thioether (sulfide) groups is 1. The Morgan fingerprint density at radius 3 is 2.35 bits per heavy atom. The standard InChI is InChI=1S/C23H29N3O3S2/c1-24(2)21-8-9-25(17-21)23(27)20-14-19(18-6-4-3-5-7-18)15-22(16-20)31(28,29)26-10-12-30-13-11-26/h3-7,14-16,21H,8-13,17H2,1-2H3/t21-/m1/s1. The topological polar surface area (TPSA) is 60.9 Å². The lowest BCUT2D eigenvalue weighted by Crippen LogP contribution is -2.38. The lowest BCUT2D eigenvalue weighted by Gasteiger charge is -2.26. The molecule has 8 heteroatoms. The quantitative estimate of drug-likeness (QED) is 0.688. The molecule has 2 heterocycles. The molecule has 0 bridgehead atoms. The van der Waals surface area contributed by atoms with Crippen LogP contribution in [0.15, 0.2) is 53.4 Å². The predicted molar refractivity (Wildman–Crippen MR) is 126 cm³/mol. The lowest BCUT2D eigenvalue weighted by atomic mass is 10.0. The molecule has 6 nitrogen and oxygen atoms in total. The fraction of sp³-hybridized carbons (Fsp3) is 0.435. The number of carbonyl (C=O) groups excluding carboxylic acids is 1. The van der Waals surface area contributed by atoms with E-state index in [1.165, 1.54) is 0 Å². The van der Waals surface area contributed by atoms with Gasteiger partial charge in [-0.15, -0.1) is 0 Å². The maximum atomic E-state index is 13.4. The van der Waals surface area contributed by atoms with E-state index in [4.69, 9.17) is 0 Å². The molecule has 31 heavy (non-hydrogen) atoms. The van der Waals surface area contributed by atoms with Crippen LogP contribution in [0.3, 0.4) is 0 Å². The third kappa shape index (κ3) is 4.82. The van der Waals surface area contributed by atoms with E-state index in [1.54, 1.807) is 28.2 Å². The Labute approximate surface area is 189 Å². The summed E-state index contributed by atoms with van der Waals surface area (Å²) < 4.78 is 28.3. The Morgan fingerprint density at radius 2 is 1.71 bits per heavy atom. The first kappa shape index (κ1) is 22.3. The molecule has 2 aliphatic heterocycles. The van der Waals surface area contributed by atoms with Crippen LogP contribution in [0, 0.1) is 0 Å². The molecule has 0 aliphatic carbocycles. The Balaban J connectivity index is 1.73. The Bertz CT molecular complexity index is 1040. The molecule has 2 aromatic carbocycles. The van der Waals surface area contributed by atoms with Crippen molar-refractivity contribution in [2.24, 2.45) is 0 Å². The molecule has 2 saturated heterocycles. The van der Waals surface area contributed by atoms with Crippen molar-refractivity contribution in [1.82, 2.24) is 14.1 Å². The zero-order chi connectivity index (χ0) is 22.0. The zero-order valence-corrected chi connectivity index (χ0v) is 19.7. The largest absolute Gasteiger partial charge is 0.337 e. The molecular weight excluding hydrogens is 430 g/mol. The highest BCUT2D eigenvalue weighted by molar-refractivity contribution is 7.99. The summed E-state index contributed by atoms with van der Waals surface area (Å²) in [6, 6.07) is 15.1. The maximum Gasteiger partial charge on any atom is 0.253 e. The van der Waals surface area contributed by atoms with Crippen molar-refractivity contribution in [1.29, 1.82) is 0 Å². The van der Waals surface area contributed by atoms with Gasteiger partial charge < -0.3 is 9.80 Å². The highest BCUT2D eigenvalue weighted by Gasteiger charge is 2.31. The molecular formula is C23H29N3O3S2. The van der Waals surface area contributed by atoms with Gasteiger partial charge in [-0.2, -0.15) is 16.1 Å². The van der Waals surface area contributed by atoms with Gasteiger partial charge in [0.25, 0.3) is 5.91 Å². The van der Waals surface area contributed by atoms with Gasteiger partial charge >= 0.3 is 0 Å². The summed E-state index contributed by atoms with van der Waals surface area (Å²) in [4.78, 5) is 17.5. The molecule has 2 fully saturated rings. The molecule has 0 unspecified atom stereocenters. The van der Waals surface area contributed by atoms with Crippen LogP contribution in [-0.4, -0.2) is 86.3 Å². The molecule has 166 valence electrons. The number of hydrogen-bond acceptors (Lipinski definition) is 5. The number of rotatable bonds is 5. The number of hydrogen-bond donors (Lipinski definition) is 0. The molecule has 2 aromatic rings. The first-order chi connectivity index (χ1) is 14.9. The molecule has 0 aromatic heterocycles. The van der Waals surface area contributed by atoms with Gasteiger partial charge in [0, 0.05) is 49.3 Å². The second-order valence-corrected chi connectivity index (χ2v) is 11.4. The molecule has 1 atom stereocenters. The van der Waals surface area contributed by atoms with Crippen molar-refractivity contribution in [3.05, 3.63) is 54.1 Å². The summed E-state index contributed by atoms with van der Waals surface area (Å²) in [7, 11) is 0.393. The molecule has 0 spiro atoms. The average Bonchev–Trinajstić information content (AvgIpc) is 3.30. The van der Waals surface area contributed by atoms with Crippen LogP contribution in [0.25, 0.3) is 11.1 Å². The number of likely N-dealkylation sites (tertiary alicyclic amines) is 1. The van der Waals surface area contributed by atoms with Crippen molar-refractivity contribution >= 4 is 27.7 Å². The van der Waals surface area contributed by atoms with Crippen LogP contribution in [0.1, 0.15) is 16.8 Å². The third-order valence-electron chi connectivity index (χ3n) is 6.05. The number of sulfonamides is 1. The van der Waals surface area contributed by atoms with Gasteiger partial charge in [-0.25, -0.2) is 8.42 Å². The summed E-state index contributed by atoms with van der Waals surface area (Å²) in [5, 5.41) is 0. The van der Waals surface area contributed by atoms with Crippen LogP contribution >= 0.6 is 11.8 Å². The first-order valence-corrected chi connectivity index (χ1v) is 13.2. The van der Waals surface area contributed by atoms with E-state index in [1.807, 2.05) is 55.4 Å². The van der Waals surface area contributed by atoms with Gasteiger partial charge in [0.15, 0.2) is 0 Å². The van der Waals surface area contributed by atoms with E-state index < -0.39 is 10.0 Å². The van der Waals surface area contributed by atoms with Crippen molar-refractivity contribution in [3.63, 3.8) is 0 Å². The number of amides is 1. The van der Waals surface area contributed by atoms with Crippen LogP contribution in [0.5, 0.6) is 0 Å². The SMILES string of the molecule is CN(C)[C@@H]1CCN(C(=O)c2cc(-c3ccccc3)cc(S(=O)(=O)N3CCSCC3)c2)C1. The molecule has 4 rings (SSSR count). The van der Waals surface area contributed by atoms with Crippen molar-refractivity contribution in [3.8, 4) is 11.1 Å². The second kappa shape index (κ2) is 9.32. The minimum Gasteiger partial charge on any atom is -0.337 e. The minimum atomic E-state index is -3.66. The highest BCUT2D eigenvalue weighted by atomic mass is 32.2. The Hall–Kier alpha value is -1.87. The summed E-state index contributed by atoms with van der Waals surface area (Å²) in [6.45, 7) is 2.35. The van der Waals surface area contributed by atoms with Crippen molar-refractivity contribution < 1.29 is 13.2 Å². The smallest absolute Gasteiger partial charge is 0.253 e. The van der Waals surface area contributed by atoms with E-state index in [-0.39, 0.29) is 10.8 Å². The second-order valence-electron chi connectivity index (χ2n) is 8.29. The fourth-order valence-corrected chi connectivity index (χ4v) is 6.78. The monoisotopic (exact) mass is 459 g/mol. The highest BCUT2D eigenvalue weighted by Crippen LogP contribution is 2.29. The van der Waals surface area contributed by atoms with Gasteiger partial charge in [0.05, 0.1) is 4.90 Å². The molecule has 1 amide bonds. The predicted octanol–water partition coefficient (Wildman–Crippen LogP) is 2.87. The van der Waals surface area contributed by atoms with E-state index in [0.29, 0.717) is 37.8 Å². The summed E-state index contributed by atoms with van der Waals surface area (Å²) in [5.41, 5.74) is 2.08. The van der Waals surface area contributed by atoms with Crippen LogP contribution < -0.4 is 0 Å². The minimum absolute atomic E-state index is 0.104. The van der Waals surface area contributed by atoms with E-state index in [0.717, 1.165) is 29.1 Å². The van der Waals surface area contributed by atoms with Gasteiger partial charge in [0.2, 0.25) is 10.0 Å². The summed E-state index contributed by atoms with van der Waals surface area (Å²) in [6.07, 6.45) is 0.924. The van der Waals surface area contributed by atoms with Gasteiger partial charge in [-0.05, 0) is 49.8 Å². The van der Waals surface area contributed by atoms with Crippen molar-refractivity contribution in [2.45, 2.75) is 17.4 Å². The van der Waals surface area contributed by atoms with Crippen LogP contribution in [0.4, 0.5) is 0 Å². The molecule has 2 aliphatic rings. The molecule has 0 radical (unpaired) electrons. The number of nitrogens with zero attached hydrogens (tertiary/aromatic N) is 3. The zero-order valence-electron chi connectivity index (χ0n) is 18.0. The van der Waals surface area contributed by atoms with Crippen LogP contribution in [0.2, 0.25) is 0 Å². The normalized spacial score (nSPS) is 20.4. The fourth-order valence-electron chi connectivity index (χ4n) is 4.14. The van der Waals surface area contributed by atoms with E-state index in [9.17, 15) is 13.2 Å². The number of benzene rings is 2. The average molecular weight is 460 g/mol. The Kier molecular flexibility index (Phi) is 6.71. The third-order valence-corrected chi connectivity index (χ3v) is 8.87. The summed E-state index contributed by atoms with van der Waals surface area (Å²) in [5.74, 6) is 1.49. The summed E-state index contributed by atoms with van der Waals surface area (Å²) >= 11 is 1.77. The maximum absolute atomic E-state index is 13.4. The van der Waals surface area contributed by atoms with Crippen molar-refractivity contribution in [2.75, 3.05) is 51.8 Å². The number of carbonyl (C=O) groups is 1. The first-order valence-electron chi connectivity index (χ1n) is 10.6. The Morgan fingerprint density at radius 1 is 1.00 bits per heavy atom. The van der Waals surface area contributed by atoms with Gasteiger partial charge in [-0.1, -0.05) is 30.3 Å². The van der Waals surface area contributed by atoms with Crippen LogP contribution in [-0.2, 0) is 10.0 Å². The van der Waals surface area contributed by atoms with Gasteiger partial charge in [-0.3, -0.25) is 4.79 Å². The van der Waals surface area contributed by atoms with E-state index in [2.05, 4.69) is 4.90 Å². The molecule has 0 saturated carbocycles. The van der Waals surface area contributed by atoms with E-state index >= 15 is 0 Å². The van der Waals surface area contributed by atoms with Gasteiger partial charge in [0.1, 0.15) is 0 Å². The lowest BCUT2D eigenvalue weighted by molar-refractivity contribution is 0.0783.